The Morgan fingerprint density at radius 1 is 1.28 bits per heavy atom. The van der Waals surface area contributed by atoms with Crippen LogP contribution in [0.3, 0.4) is 0 Å². The van der Waals surface area contributed by atoms with Crippen molar-refractivity contribution >= 4 is 5.97 Å². The maximum atomic E-state index is 11.2. The molecule has 0 saturated carbocycles. The highest BCUT2D eigenvalue weighted by atomic mass is 16.5. The molecule has 0 aliphatic rings. The lowest BCUT2D eigenvalue weighted by atomic mass is 10.3. The van der Waals surface area contributed by atoms with Crippen LogP contribution < -0.4 is 10.1 Å². The molecule has 0 fully saturated rings. The Kier molecular flexibility index (Phi) is 6.87. The summed E-state index contributed by atoms with van der Waals surface area (Å²) in [7, 11) is 0. The van der Waals surface area contributed by atoms with Crippen molar-refractivity contribution in [1.82, 2.24) is 5.32 Å². The molecule has 18 heavy (non-hydrogen) atoms. The largest absolute Gasteiger partial charge is 0.494 e. The smallest absolute Gasteiger partial charge is 0.320 e. The Labute approximate surface area is 108 Å². The van der Waals surface area contributed by atoms with Gasteiger partial charge in [-0.25, -0.2) is 0 Å². The van der Waals surface area contributed by atoms with Gasteiger partial charge in [0.2, 0.25) is 0 Å². The summed E-state index contributed by atoms with van der Waals surface area (Å²) in [4.78, 5) is 11.2. The third-order valence-corrected chi connectivity index (χ3v) is 2.15. The van der Waals surface area contributed by atoms with E-state index in [-0.39, 0.29) is 18.6 Å². The fraction of sp³-hybridized carbons (Fsp3) is 0.500. The molecule has 0 radical (unpaired) electrons. The lowest BCUT2D eigenvalue weighted by molar-refractivity contribution is -0.146. The second kappa shape index (κ2) is 8.53. The quantitative estimate of drug-likeness (QED) is 0.567. The first kappa shape index (κ1) is 14.5. The molecule has 1 rings (SSSR count). The Hall–Kier alpha value is -1.55. The summed E-state index contributed by atoms with van der Waals surface area (Å²) in [6, 6.07) is 9.68. The molecule has 0 spiro atoms. The predicted molar refractivity (Wildman–Crippen MR) is 70.7 cm³/mol. The minimum Gasteiger partial charge on any atom is -0.494 e. The second-order valence-corrected chi connectivity index (χ2v) is 4.23. The average molecular weight is 251 g/mol. The summed E-state index contributed by atoms with van der Waals surface area (Å²) in [5.41, 5.74) is 0. The maximum absolute atomic E-state index is 11.2. The molecule has 0 aromatic heterocycles. The van der Waals surface area contributed by atoms with Gasteiger partial charge in [0.1, 0.15) is 5.75 Å². The van der Waals surface area contributed by atoms with Crippen LogP contribution in [0.5, 0.6) is 5.75 Å². The summed E-state index contributed by atoms with van der Waals surface area (Å²) in [6.07, 6.45) is 0.796. The summed E-state index contributed by atoms with van der Waals surface area (Å²) < 4.78 is 10.5. The van der Waals surface area contributed by atoms with Crippen molar-refractivity contribution in [2.24, 2.45) is 0 Å². The molecule has 100 valence electrons. The molecule has 0 saturated heterocycles. The zero-order valence-electron chi connectivity index (χ0n) is 11.0. The first-order valence-electron chi connectivity index (χ1n) is 6.26. The molecule has 0 atom stereocenters. The third kappa shape index (κ3) is 6.91. The van der Waals surface area contributed by atoms with Crippen molar-refractivity contribution in [3.05, 3.63) is 30.3 Å². The first-order chi connectivity index (χ1) is 8.68. The standard InChI is InChI=1S/C14H21NO3/c1-12(2)18-14(16)11-15-9-6-10-17-13-7-4-3-5-8-13/h3-5,7-8,12,15H,6,9-11H2,1-2H3. The Morgan fingerprint density at radius 3 is 2.67 bits per heavy atom. The van der Waals surface area contributed by atoms with Gasteiger partial charge in [0, 0.05) is 0 Å². The molecule has 0 unspecified atom stereocenters. The number of esters is 1. The molecule has 4 nitrogen and oxygen atoms in total. The van der Waals surface area contributed by atoms with Crippen LogP contribution in [0.2, 0.25) is 0 Å². The van der Waals surface area contributed by atoms with Crippen molar-refractivity contribution in [2.75, 3.05) is 19.7 Å². The first-order valence-corrected chi connectivity index (χ1v) is 6.26. The zero-order valence-corrected chi connectivity index (χ0v) is 11.0. The van der Waals surface area contributed by atoms with E-state index < -0.39 is 0 Å². The minimum atomic E-state index is -0.214. The van der Waals surface area contributed by atoms with Gasteiger partial charge in [-0.2, -0.15) is 0 Å². The molecule has 1 N–H and O–H groups in total. The number of carbonyl (C=O) groups is 1. The molecular weight excluding hydrogens is 230 g/mol. The second-order valence-electron chi connectivity index (χ2n) is 4.23. The lowest BCUT2D eigenvalue weighted by Crippen LogP contribution is -2.28. The molecule has 1 aromatic carbocycles. The number of hydrogen-bond acceptors (Lipinski definition) is 4. The number of hydrogen-bond donors (Lipinski definition) is 1. The van der Waals surface area contributed by atoms with E-state index in [1.54, 1.807) is 0 Å². The van der Waals surface area contributed by atoms with Crippen molar-refractivity contribution in [1.29, 1.82) is 0 Å². The van der Waals surface area contributed by atoms with E-state index in [9.17, 15) is 4.79 Å². The normalized spacial score (nSPS) is 10.4. The summed E-state index contributed by atoms with van der Waals surface area (Å²) in [5, 5.41) is 3.02. The van der Waals surface area contributed by atoms with Crippen LogP contribution in [0.15, 0.2) is 30.3 Å². The molecule has 0 bridgehead atoms. The maximum Gasteiger partial charge on any atom is 0.320 e. The molecule has 4 heteroatoms. The van der Waals surface area contributed by atoms with Crippen molar-refractivity contribution in [3.63, 3.8) is 0 Å². The van der Waals surface area contributed by atoms with Crippen LogP contribution in [0, 0.1) is 0 Å². The number of carbonyl (C=O) groups excluding carboxylic acids is 1. The molecule has 0 amide bonds. The van der Waals surface area contributed by atoms with Gasteiger partial charge < -0.3 is 14.8 Å². The van der Waals surface area contributed by atoms with E-state index in [1.165, 1.54) is 0 Å². The number of benzene rings is 1. The van der Waals surface area contributed by atoms with Gasteiger partial charge in [-0.05, 0) is 38.9 Å². The Balaban J connectivity index is 1.98. The van der Waals surface area contributed by atoms with Crippen molar-refractivity contribution in [2.45, 2.75) is 26.4 Å². The van der Waals surface area contributed by atoms with Crippen LogP contribution in [0.1, 0.15) is 20.3 Å². The third-order valence-electron chi connectivity index (χ3n) is 2.15. The van der Waals surface area contributed by atoms with Crippen LogP contribution in [0.25, 0.3) is 0 Å². The Bertz CT molecular complexity index is 338. The molecule has 0 aliphatic heterocycles. The summed E-state index contributed by atoms with van der Waals surface area (Å²) in [6.45, 7) is 5.30. The minimum absolute atomic E-state index is 0.0549. The van der Waals surface area contributed by atoms with Crippen molar-refractivity contribution in [3.8, 4) is 5.75 Å². The topological polar surface area (TPSA) is 47.6 Å². The molecule has 0 aliphatic carbocycles. The highest BCUT2D eigenvalue weighted by Crippen LogP contribution is 2.07. The van der Waals surface area contributed by atoms with E-state index in [1.807, 2.05) is 44.2 Å². The van der Waals surface area contributed by atoms with Gasteiger partial charge in [-0.15, -0.1) is 0 Å². The van der Waals surface area contributed by atoms with Gasteiger partial charge in [0.15, 0.2) is 0 Å². The highest BCUT2D eigenvalue weighted by molar-refractivity contribution is 5.71. The SMILES string of the molecule is CC(C)OC(=O)CNCCCOc1ccccc1. The van der Waals surface area contributed by atoms with E-state index in [0.717, 1.165) is 18.7 Å². The number of ether oxygens (including phenoxy) is 2. The molecule has 1 aromatic rings. The van der Waals surface area contributed by atoms with E-state index in [0.29, 0.717) is 6.61 Å². The Morgan fingerprint density at radius 2 is 2.00 bits per heavy atom. The van der Waals surface area contributed by atoms with Gasteiger partial charge in [0.05, 0.1) is 19.3 Å². The average Bonchev–Trinajstić information content (AvgIpc) is 2.34. The summed E-state index contributed by atoms with van der Waals surface area (Å²) in [5.74, 6) is 0.658. The number of rotatable bonds is 8. The van der Waals surface area contributed by atoms with Crippen LogP contribution in [-0.2, 0) is 9.53 Å². The van der Waals surface area contributed by atoms with E-state index in [4.69, 9.17) is 9.47 Å². The van der Waals surface area contributed by atoms with Gasteiger partial charge in [-0.1, -0.05) is 18.2 Å². The van der Waals surface area contributed by atoms with Crippen molar-refractivity contribution < 1.29 is 14.3 Å². The van der Waals surface area contributed by atoms with E-state index >= 15 is 0 Å². The summed E-state index contributed by atoms with van der Waals surface area (Å²) >= 11 is 0. The predicted octanol–water partition coefficient (Wildman–Crippen LogP) is 2.00. The van der Waals surface area contributed by atoms with Gasteiger partial charge in [-0.3, -0.25) is 4.79 Å². The zero-order chi connectivity index (χ0) is 13.2. The fourth-order valence-corrected chi connectivity index (χ4v) is 1.40. The highest BCUT2D eigenvalue weighted by Gasteiger charge is 2.03. The number of nitrogens with one attached hydrogen (secondary N) is 1. The molecular formula is C14H21NO3. The van der Waals surface area contributed by atoms with Crippen LogP contribution >= 0.6 is 0 Å². The van der Waals surface area contributed by atoms with Gasteiger partial charge in [0.25, 0.3) is 0 Å². The van der Waals surface area contributed by atoms with Crippen LogP contribution in [0.4, 0.5) is 0 Å². The monoisotopic (exact) mass is 251 g/mol. The van der Waals surface area contributed by atoms with E-state index in [2.05, 4.69) is 5.32 Å². The fourth-order valence-electron chi connectivity index (χ4n) is 1.40. The lowest BCUT2D eigenvalue weighted by Gasteiger charge is -2.09. The van der Waals surface area contributed by atoms with Crippen LogP contribution in [-0.4, -0.2) is 31.8 Å². The van der Waals surface area contributed by atoms with Gasteiger partial charge >= 0.3 is 5.97 Å². The molecule has 0 heterocycles. The number of para-hydroxylation sites is 1.